The third-order valence-electron chi connectivity index (χ3n) is 4.81. The number of nitrogens with one attached hydrogen (secondary N) is 1. The first-order valence-corrected chi connectivity index (χ1v) is 9.76. The molecule has 1 N–H and O–H groups in total. The number of carbonyl (C=O) groups is 2. The SMILES string of the molecule is CCNC(=NCCC(=O)N1CCOCC1)N1CCN(c2cnn(C)c2)C(=O)C1. The topological polar surface area (TPSA) is 95.3 Å². The minimum atomic E-state index is 0.00856. The van der Waals surface area contributed by atoms with E-state index < -0.39 is 0 Å². The minimum absolute atomic E-state index is 0.00856. The Morgan fingerprint density at radius 1 is 1.25 bits per heavy atom. The summed E-state index contributed by atoms with van der Waals surface area (Å²) >= 11 is 0. The molecule has 2 fully saturated rings. The zero-order valence-corrected chi connectivity index (χ0v) is 16.6. The zero-order valence-electron chi connectivity index (χ0n) is 16.6. The van der Waals surface area contributed by atoms with E-state index in [2.05, 4.69) is 15.4 Å². The molecule has 3 heterocycles. The van der Waals surface area contributed by atoms with Crippen LogP contribution in [0, 0.1) is 0 Å². The minimum Gasteiger partial charge on any atom is -0.378 e. The number of anilines is 1. The van der Waals surface area contributed by atoms with E-state index in [-0.39, 0.29) is 18.4 Å². The van der Waals surface area contributed by atoms with Crippen LogP contribution in [0.5, 0.6) is 0 Å². The first kappa shape index (κ1) is 20.1. The third kappa shape index (κ3) is 5.00. The quantitative estimate of drug-likeness (QED) is 0.526. The second-order valence-electron chi connectivity index (χ2n) is 6.82. The highest BCUT2D eigenvalue weighted by molar-refractivity contribution is 5.98. The van der Waals surface area contributed by atoms with Gasteiger partial charge >= 0.3 is 0 Å². The van der Waals surface area contributed by atoms with Crippen molar-refractivity contribution in [2.24, 2.45) is 12.0 Å². The van der Waals surface area contributed by atoms with Gasteiger partial charge in [-0.15, -0.1) is 0 Å². The monoisotopic (exact) mass is 391 g/mol. The van der Waals surface area contributed by atoms with Crippen LogP contribution in [0.1, 0.15) is 13.3 Å². The Bertz CT molecular complexity index is 712. The van der Waals surface area contributed by atoms with Gasteiger partial charge in [-0.2, -0.15) is 5.10 Å². The maximum absolute atomic E-state index is 12.6. The normalized spacial score (nSPS) is 18.6. The summed E-state index contributed by atoms with van der Waals surface area (Å²) in [4.78, 5) is 35.0. The van der Waals surface area contributed by atoms with Gasteiger partial charge < -0.3 is 24.8 Å². The molecule has 0 bridgehead atoms. The lowest BCUT2D eigenvalue weighted by atomic mass is 10.3. The zero-order chi connectivity index (χ0) is 19.9. The van der Waals surface area contributed by atoms with Gasteiger partial charge in [0.25, 0.3) is 0 Å². The van der Waals surface area contributed by atoms with Gasteiger partial charge in [-0.05, 0) is 6.92 Å². The van der Waals surface area contributed by atoms with Gasteiger partial charge in [0.2, 0.25) is 11.8 Å². The van der Waals surface area contributed by atoms with E-state index in [9.17, 15) is 9.59 Å². The predicted molar refractivity (Wildman–Crippen MR) is 105 cm³/mol. The number of morpholine rings is 1. The molecular weight excluding hydrogens is 362 g/mol. The van der Waals surface area contributed by atoms with Crippen LogP contribution in [0.15, 0.2) is 17.4 Å². The summed E-state index contributed by atoms with van der Waals surface area (Å²) in [5, 5.41) is 7.36. The number of ether oxygens (including phenoxy) is 1. The molecule has 2 amide bonds. The predicted octanol–water partition coefficient (Wildman–Crippen LogP) is -0.717. The molecule has 0 spiro atoms. The van der Waals surface area contributed by atoms with E-state index >= 15 is 0 Å². The fourth-order valence-electron chi connectivity index (χ4n) is 3.33. The van der Waals surface area contributed by atoms with Crippen molar-refractivity contribution >= 4 is 23.5 Å². The van der Waals surface area contributed by atoms with Gasteiger partial charge in [-0.25, -0.2) is 0 Å². The lowest BCUT2D eigenvalue weighted by Crippen LogP contribution is -2.55. The Labute approximate surface area is 165 Å². The Kier molecular flexibility index (Phi) is 6.85. The number of hydrogen-bond acceptors (Lipinski definition) is 5. The molecule has 3 rings (SSSR count). The van der Waals surface area contributed by atoms with Gasteiger partial charge in [-0.1, -0.05) is 0 Å². The van der Waals surface area contributed by atoms with Crippen molar-refractivity contribution in [3.8, 4) is 0 Å². The number of aryl methyl sites for hydroxylation is 1. The van der Waals surface area contributed by atoms with Crippen LogP contribution in [0.25, 0.3) is 0 Å². The van der Waals surface area contributed by atoms with E-state index in [1.807, 2.05) is 30.0 Å². The van der Waals surface area contributed by atoms with Gasteiger partial charge in [0.05, 0.1) is 31.6 Å². The van der Waals surface area contributed by atoms with Gasteiger partial charge in [0.1, 0.15) is 6.54 Å². The molecule has 10 heteroatoms. The number of carbonyl (C=O) groups excluding carboxylic acids is 2. The molecule has 0 unspecified atom stereocenters. The van der Waals surface area contributed by atoms with Crippen LogP contribution in [-0.2, 0) is 21.4 Å². The second kappa shape index (κ2) is 9.54. The smallest absolute Gasteiger partial charge is 0.246 e. The molecule has 1 aromatic heterocycles. The van der Waals surface area contributed by atoms with Crippen LogP contribution in [0.2, 0.25) is 0 Å². The molecule has 0 aromatic carbocycles. The number of piperazine rings is 1. The Balaban J connectivity index is 1.55. The number of nitrogens with zero attached hydrogens (tertiary/aromatic N) is 6. The van der Waals surface area contributed by atoms with E-state index in [0.29, 0.717) is 64.9 Å². The van der Waals surface area contributed by atoms with Crippen molar-refractivity contribution < 1.29 is 14.3 Å². The average molecular weight is 391 g/mol. The Morgan fingerprint density at radius 3 is 2.68 bits per heavy atom. The number of rotatable bonds is 5. The van der Waals surface area contributed by atoms with Crippen LogP contribution in [-0.4, -0.2) is 96.4 Å². The Morgan fingerprint density at radius 2 is 2.04 bits per heavy atom. The van der Waals surface area contributed by atoms with E-state index in [1.54, 1.807) is 15.8 Å². The largest absolute Gasteiger partial charge is 0.378 e. The molecule has 154 valence electrons. The van der Waals surface area contributed by atoms with Crippen LogP contribution < -0.4 is 10.2 Å². The second-order valence-corrected chi connectivity index (χ2v) is 6.82. The molecule has 10 nitrogen and oxygen atoms in total. The average Bonchev–Trinajstić information content (AvgIpc) is 3.13. The Hall–Kier alpha value is -2.62. The molecule has 0 saturated carbocycles. The molecule has 2 aliphatic rings. The van der Waals surface area contributed by atoms with Gasteiger partial charge in [-0.3, -0.25) is 19.3 Å². The third-order valence-corrected chi connectivity index (χ3v) is 4.81. The lowest BCUT2D eigenvalue weighted by Gasteiger charge is -2.35. The molecular formula is C18H29N7O3. The number of amides is 2. The summed E-state index contributed by atoms with van der Waals surface area (Å²) in [5.74, 6) is 0.783. The molecule has 0 atom stereocenters. The van der Waals surface area contributed by atoms with Crippen LogP contribution >= 0.6 is 0 Å². The summed E-state index contributed by atoms with van der Waals surface area (Å²) in [6.07, 6.45) is 3.90. The maximum atomic E-state index is 12.6. The molecule has 0 radical (unpaired) electrons. The van der Waals surface area contributed by atoms with Crippen molar-refractivity contribution in [2.75, 3.05) is 63.9 Å². The highest BCUT2D eigenvalue weighted by atomic mass is 16.5. The highest BCUT2D eigenvalue weighted by Gasteiger charge is 2.27. The summed E-state index contributed by atoms with van der Waals surface area (Å²) in [6.45, 7) is 7.07. The molecule has 1 aromatic rings. The maximum Gasteiger partial charge on any atom is 0.246 e. The number of hydrogen-bond donors (Lipinski definition) is 1. The van der Waals surface area contributed by atoms with E-state index in [4.69, 9.17) is 4.74 Å². The number of aliphatic imine (C=N–C) groups is 1. The number of guanidine groups is 1. The lowest BCUT2D eigenvalue weighted by molar-refractivity contribution is -0.135. The summed E-state index contributed by atoms with van der Waals surface area (Å²) in [6, 6.07) is 0. The first-order chi connectivity index (χ1) is 13.6. The fourth-order valence-corrected chi connectivity index (χ4v) is 3.33. The van der Waals surface area contributed by atoms with E-state index in [1.165, 1.54) is 0 Å². The summed E-state index contributed by atoms with van der Waals surface area (Å²) < 4.78 is 6.96. The first-order valence-electron chi connectivity index (χ1n) is 9.76. The van der Waals surface area contributed by atoms with Crippen molar-refractivity contribution in [2.45, 2.75) is 13.3 Å². The van der Waals surface area contributed by atoms with Gasteiger partial charge in [0, 0.05) is 52.4 Å². The molecule has 28 heavy (non-hydrogen) atoms. The van der Waals surface area contributed by atoms with Crippen molar-refractivity contribution in [3.05, 3.63) is 12.4 Å². The van der Waals surface area contributed by atoms with Gasteiger partial charge in [0.15, 0.2) is 5.96 Å². The number of aromatic nitrogens is 2. The van der Waals surface area contributed by atoms with E-state index in [0.717, 1.165) is 5.69 Å². The molecule has 0 aliphatic carbocycles. The summed E-state index contributed by atoms with van der Waals surface area (Å²) in [5.41, 5.74) is 0.810. The molecule has 2 saturated heterocycles. The van der Waals surface area contributed by atoms with Crippen molar-refractivity contribution in [3.63, 3.8) is 0 Å². The van der Waals surface area contributed by atoms with Crippen LogP contribution in [0.4, 0.5) is 5.69 Å². The van der Waals surface area contributed by atoms with Crippen molar-refractivity contribution in [1.82, 2.24) is 24.9 Å². The van der Waals surface area contributed by atoms with Crippen LogP contribution in [0.3, 0.4) is 0 Å². The fraction of sp³-hybridized carbons (Fsp3) is 0.667. The highest BCUT2D eigenvalue weighted by Crippen LogP contribution is 2.16. The summed E-state index contributed by atoms with van der Waals surface area (Å²) in [7, 11) is 1.83. The standard InChI is InChI=1S/C18H29N7O3/c1-3-19-18(20-5-4-16(26)23-8-10-28-11-9-23)24-6-7-25(17(27)14-24)15-12-21-22(2)13-15/h12-13H,3-11,14H2,1-2H3,(H,19,20). The van der Waals surface area contributed by atoms with Crippen molar-refractivity contribution in [1.29, 1.82) is 0 Å². The molecule has 2 aliphatic heterocycles.